The summed E-state index contributed by atoms with van der Waals surface area (Å²) >= 11 is 1.59. The summed E-state index contributed by atoms with van der Waals surface area (Å²) in [7, 11) is 1.66. The average Bonchev–Trinajstić information content (AvgIpc) is 2.87. The Kier molecular flexibility index (Phi) is 1.97. The Hall–Kier alpha value is -1.81. The summed E-state index contributed by atoms with van der Waals surface area (Å²) < 4.78 is 2.06. The van der Waals surface area contributed by atoms with Crippen molar-refractivity contribution >= 4 is 33.0 Å². The first-order valence-electron chi connectivity index (χ1n) is 5.01. The van der Waals surface area contributed by atoms with Gasteiger partial charge in [-0.25, -0.2) is 0 Å². The number of nitrogens with zero attached hydrogens (tertiary/aromatic N) is 1. The lowest BCUT2D eigenvalue weighted by molar-refractivity contribution is 0.0966. The van der Waals surface area contributed by atoms with Gasteiger partial charge < -0.3 is 9.72 Å². The maximum Gasteiger partial charge on any atom is 0.254 e. The minimum atomic E-state index is -0.0267. The predicted molar refractivity (Wildman–Crippen MR) is 66.2 cm³/mol. The van der Waals surface area contributed by atoms with Crippen LogP contribution < -0.4 is 5.32 Å². The van der Waals surface area contributed by atoms with Gasteiger partial charge in [-0.3, -0.25) is 4.79 Å². The summed E-state index contributed by atoms with van der Waals surface area (Å²) in [5.74, 6) is -0.0267. The molecule has 1 N–H and O–H groups in total. The Morgan fingerprint density at radius 3 is 3.00 bits per heavy atom. The van der Waals surface area contributed by atoms with Crippen molar-refractivity contribution in [3.8, 4) is 0 Å². The molecular weight excluding hydrogens is 220 g/mol. The molecule has 0 radical (unpaired) electrons. The standard InChI is InChI=1S/C12H10N2OS/c1-13-11(15)10-8-4-2-3-5-9(8)14-6-7-16-12(10)14/h2-7H,1H3,(H,13,15). The lowest BCUT2D eigenvalue weighted by atomic mass is 10.1. The number of para-hydroxylation sites is 1. The molecule has 0 bridgehead atoms. The molecular formula is C12H10N2OS. The highest BCUT2D eigenvalue weighted by Crippen LogP contribution is 2.29. The fourth-order valence-corrected chi connectivity index (χ4v) is 2.91. The molecule has 3 nitrogen and oxygen atoms in total. The molecule has 0 saturated heterocycles. The van der Waals surface area contributed by atoms with Crippen LogP contribution >= 0.6 is 11.3 Å². The van der Waals surface area contributed by atoms with Gasteiger partial charge in [0.1, 0.15) is 4.83 Å². The number of hydrogen-bond acceptors (Lipinski definition) is 2. The van der Waals surface area contributed by atoms with Crippen molar-refractivity contribution in [3.63, 3.8) is 0 Å². The molecule has 0 aliphatic carbocycles. The topological polar surface area (TPSA) is 33.5 Å². The van der Waals surface area contributed by atoms with Crippen LogP contribution in [0.25, 0.3) is 15.7 Å². The molecule has 1 amide bonds. The molecule has 3 rings (SSSR count). The predicted octanol–water partition coefficient (Wildman–Crippen LogP) is 2.51. The molecule has 16 heavy (non-hydrogen) atoms. The third kappa shape index (κ3) is 1.10. The van der Waals surface area contributed by atoms with Crippen molar-refractivity contribution in [2.75, 3.05) is 7.05 Å². The fraction of sp³-hybridized carbons (Fsp3) is 0.0833. The van der Waals surface area contributed by atoms with Gasteiger partial charge in [0.15, 0.2) is 0 Å². The Morgan fingerprint density at radius 1 is 1.38 bits per heavy atom. The van der Waals surface area contributed by atoms with Crippen molar-refractivity contribution in [1.29, 1.82) is 0 Å². The number of fused-ring (bicyclic) bond motifs is 3. The highest BCUT2D eigenvalue weighted by atomic mass is 32.1. The van der Waals surface area contributed by atoms with Gasteiger partial charge >= 0.3 is 0 Å². The molecule has 3 aromatic rings. The Morgan fingerprint density at radius 2 is 2.19 bits per heavy atom. The second-order valence-electron chi connectivity index (χ2n) is 3.55. The van der Waals surface area contributed by atoms with Gasteiger partial charge in [-0.05, 0) is 6.07 Å². The summed E-state index contributed by atoms with van der Waals surface area (Å²) in [5, 5.41) is 5.70. The van der Waals surface area contributed by atoms with Crippen molar-refractivity contribution in [2.45, 2.75) is 0 Å². The Labute approximate surface area is 96.3 Å². The van der Waals surface area contributed by atoms with Crippen LogP contribution in [-0.4, -0.2) is 17.4 Å². The van der Waals surface area contributed by atoms with E-state index in [4.69, 9.17) is 0 Å². The van der Waals surface area contributed by atoms with Crippen molar-refractivity contribution in [1.82, 2.24) is 9.72 Å². The van der Waals surface area contributed by atoms with E-state index < -0.39 is 0 Å². The third-order valence-corrected chi connectivity index (χ3v) is 3.59. The highest BCUT2D eigenvalue weighted by Gasteiger charge is 2.17. The summed E-state index contributed by atoms with van der Waals surface area (Å²) in [6, 6.07) is 7.96. The second kappa shape index (κ2) is 3.35. The van der Waals surface area contributed by atoms with E-state index in [2.05, 4.69) is 9.72 Å². The smallest absolute Gasteiger partial charge is 0.254 e. The number of amides is 1. The molecule has 0 unspecified atom stereocenters. The minimum absolute atomic E-state index is 0.0267. The summed E-state index contributed by atoms with van der Waals surface area (Å²) in [4.78, 5) is 12.9. The highest BCUT2D eigenvalue weighted by molar-refractivity contribution is 7.16. The molecule has 0 spiro atoms. The zero-order valence-corrected chi connectivity index (χ0v) is 9.54. The van der Waals surface area contributed by atoms with Gasteiger partial charge in [0.05, 0.1) is 11.1 Å². The van der Waals surface area contributed by atoms with Gasteiger partial charge in [-0.1, -0.05) is 18.2 Å². The average molecular weight is 230 g/mol. The summed E-state index contributed by atoms with van der Waals surface area (Å²) in [6.07, 6.45) is 1.99. The summed E-state index contributed by atoms with van der Waals surface area (Å²) in [5.41, 5.74) is 1.85. The van der Waals surface area contributed by atoms with Crippen LogP contribution in [-0.2, 0) is 0 Å². The van der Waals surface area contributed by atoms with E-state index in [1.807, 2.05) is 35.8 Å². The number of aromatic nitrogens is 1. The first kappa shape index (κ1) is 9.42. The van der Waals surface area contributed by atoms with Crippen molar-refractivity contribution < 1.29 is 4.79 Å². The molecule has 4 heteroatoms. The molecule has 0 aliphatic rings. The van der Waals surface area contributed by atoms with Gasteiger partial charge in [0, 0.05) is 24.0 Å². The zero-order chi connectivity index (χ0) is 11.1. The van der Waals surface area contributed by atoms with Crippen LogP contribution in [0.3, 0.4) is 0 Å². The van der Waals surface area contributed by atoms with Gasteiger partial charge in [-0.2, -0.15) is 0 Å². The van der Waals surface area contributed by atoms with Gasteiger partial charge in [-0.15, -0.1) is 11.3 Å². The number of rotatable bonds is 1. The van der Waals surface area contributed by atoms with E-state index in [1.165, 1.54) is 0 Å². The van der Waals surface area contributed by atoms with Crippen LogP contribution in [0.4, 0.5) is 0 Å². The molecule has 1 aromatic carbocycles. The monoisotopic (exact) mass is 230 g/mol. The van der Waals surface area contributed by atoms with Crippen LogP contribution in [0.2, 0.25) is 0 Å². The number of hydrogen-bond donors (Lipinski definition) is 1. The first-order chi connectivity index (χ1) is 7.83. The van der Waals surface area contributed by atoms with Crippen LogP contribution in [0, 0.1) is 0 Å². The maximum absolute atomic E-state index is 11.9. The summed E-state index contributed by atoms with van der Waals surface area (Å²) in [6.45, 7) is 0. The number of carbonyl (C=O) groups is 1. The van der Waals surface area contributed by atoms with Crippen LogP contribution in [0.5, 0.6) is 0 Å². The third-order valence-electron chi connectivity index (χ3n) is 2.71. The molecule has 80 valence electrons. The van der Waals surface area contributed by atoms with Gasteiger partial charge in [0.25, 0.3) is 5.91 Å². The molecule has 2 aromatic heterocycles. The number of thiazole rings is 1. The number of carbonyl (C=O) groups excluding carboxylic acids is 1. The van der Waals surface area contributed by atoms with Crippen molar-refractivity contribution in [3.05, 3.63) is 41.4 Å². The van der Waals surface area contributed by atoms with E-state index in [1.54, 1.807) is 18.4 Å². The second-order valence-corrected chi connectivity index (χ2v) is 4.44. The van der Waals surface area contributed by atoms with Gasteiger partial charge in [0.2, 0.25) is 0 Å². The van der Waals surface area contributed by atoms with E-state index in [0.29, 0.717) is 0 Å². The molecule has 0 fully saturated rings. The minimum Gasteiger partial charge on any atom is -0.355 e. The Balaban J connectivity index is 2.52. The molecule has 0 saturated carbocycles. The zero-order valence-electron chi connectivity index (χ0n) is 8.73. The molecule has 2 heterocycles. The Bertz CT molecular complexity index is 681. The first-order valence-corrected chi connectivity index (χ1v) is 5.89. The lowest BCUT2D eigenvalue weighted by Gasteiger charge is -1.96. The van der Waals surface area contributed by atoms with E-state index in [9.17, 15) is 4.79 Å². The number of nitrogens with one attached hydrogen (secondary N) is 1. The van der Waals surface area contributed by atoms with E-state index >= 15 is 0 Å². The van der Waals surface area contributed by atoms with Crippen LogP contribution in [0.1, 0.15) is 10.4 Å². The van der Waals surface area contributed by atoms with Crippen LogP contribution in [0.15, 0.2) is 35.8 Å². The quantitative estimate of drug-likeness (QED) is 0.684. The largest absolute Gasteiger partial charge is 0.355 e. The molecule has 0 atom stereocenters. The van der Waals surface area contributed by atoms with Crippen molar-refractivity contribution in [2.24, 2.45) is 0 Å². The fourth-order valence-electron chi connectivity index (χ4n) is 2.00. The maximum atomic E-state index is 11.9. The van der Waals surface area contributed by atoms with E-state index in [-0.39, 0.29) is 5.91 Å². The van der Waals surface area contributed by atoms with E-state index in [0.717, 1.165) is 21.3 Å². The lowest BCUT2D eigenvalue weighted by Crippen LogP contribution is -2.17. The normalized spacial score (nSPS) is 11.1. The molecule has 0 aliphatic heterocycles. The number of benzene rings is 1. The SMILES string of the molecule is CNC(=O)c1c2ccccc2n2ccsc12.